The van der Waals surface area contributed by atoms with Gasteiger partial charge in [0, 0.05) is 26.8 Å². The molecule has 4 N–H and O–H groups in total. The molecule has 0 amide bonds. The zero-order chi connectivity index (χ0) is 18.8. The van der Waals surface area contributed by atoms with E-state index in [1.54, 1.807) is 6.07 Å². The van der Waals surface area contributed by atoms with Gasteiger partial charge in [-0.05, 0) is 54.1 Å². The number of phenolic OH excluding ortho intramolecular Hbond substituents is 1. The van der Waals surface area contributed by atoms with E-state index in [-0.39, 0.29) is 12.2 Å². The highest BCUT2D eigenvalue weighted by atomic mass is 79.9. The molecule has 3 nitrogen and oxygen atoms in total. The Balaban J connectivity index is 1.75. The minimum atomic E-state index is -0.00762. The lowest BCUT2D eigenvalue weighted by atomic mass is 9.98. The maximum Gasteiger partial charge on any atom is 0.186 e. The second-order valence-electron chi connectivity index (χ2n) is 6.54. The molecule has 1 aliphatic heterocycles. The summed E-state index contributed by atoms with van der Waals surface area (Å²) in [4.78, 5) is 0. The van der Waals surface area contributed by atoms with E-state index in [4.69, 9.17) is 11.6 Å². The predicted molar refractivity (Wildman–Crippen MR) is 112 cm³/mol. The summed E-state index contributed by atoms with van der Waals surface area (Å²) in [5, 5.41) is 16.9. The number of benzene rings is 3. The van der Waals surface area contributed by atoms with Crippen molar-refractivity contribution in [2.75, 3.05) is 0 Å². The van der Waals surface area contributed by atoms with E-state index in [1.807, 2.05) is 54.6 Å². The first kappa shape index (κ1) is 18.1. The van der Waals surface area contributed by atoms with Crippen molar-refractivity contribution in [3.63, 3.8) is 0 Å². The summed E-state index contributed by atoms with van der Waals surface area (Å²) in [6.07, 6.45) is 2.17. The number of halogens is 2. The van der Waals surface area contributed by atoms with E-state index in [0.29, 0.717) is 5.75 Å². The number of nitrogens with one attached hydrogen (secondary N) is 1. The summed E-state index contributed by atoms with van der Waals surface area (Å²) < 4.78 is 1.04. The molecule has 3 aromatic rings. The molecule has 4 rings (SSSR count). The van der Waals surface area contributed by atoms with E-state index >= 15 is 0 Å². The van der Waals surface area contributed by atoms with Crippen LogP contribution in [0.2, 0.25) is 5.02 Å². The van der Waals surface area contributed by atoms with Crippen molar-refractivity contribution in [1.82, 2.24) is 5.32 Å². The average Bonchev–Trinajstić information content (AvgIpc) is 2.69. The van der Waals surface area contributed by atoms with Crippen LogP contribution in [-0.2, 0) is 0 Å². The number of nitrogens with two attached hydrogens (primary N) is 1. The molecule has 0 spiro atoms. The Kier molecular flexibility index (Phi) is 5.21. The van der Waals surface area contributed by atoms with Gasteiger partial charge in [-0.3, -0.25) is 0 Å². The molecular weight excluding hydrogens is 424 g/mol. The van der Waals surface area contributed by atoms with Gasteiger partial charge >= 0.3 is 0 Å². The molecule has 27 heavy (non-hydrogen) atoms. The fourth-order valence-electron chi connectivity index (χ4n) is 3.34. The molecule has 0 saturated heterocycles. The number of quaternary nitrogens is 1. The van der Waals surface area contributed by atoms with Crippen molar-refractivity contribution in [2.24, 2.45) is 0 Å². The van der Waals surface area contributed by atoms with Gasteiger partial charge in [-0.2, -0.15) is 0 Å². The number of aromatic hydroxyl groups is 1. The molecule has 0 bridgehead atoms. The maximum absolute atomic E-state index is 10.4. The highest BCUT2D eigenvalue weighted by Gasteiger charge is 2.29. The number of phenols is 1. The normalized spacial score (nSPS) is 19.3. The molecule has 2 atom stereocenters. The Morgan fingerprint density at radius 3 is 2.33 bits per heavy atom. The van der Waals surface area contributed by atoms with Crippen LogP contribution in [0.4, 0.5) is 0 Å². The van der Waals surface area contributed by atoms with Crippen LogP contribution in [-0.4, -0.2) is 5.11 Å². The fraction of sp³-hybridized carbons (Fsp3) is 0.0909. The molecule has 3 aromatic carbocycles. The second-order valence-corrected chi connectivity index (χ2v) is 7.89. The van der Waals surface area contributed by atoms with E-state index in [0.717, 1.165) is 31.9 Å². The lowest BCUT2D eigenvalue weighted by Crippen LogP contribution is -2.89. The fourth-order valence-corrected chi connectivity index (χ4v) is 3.73. The van der Waals surface area contributed by atoms with E-state index in [2.05, 4.69) is 44.8 Å². The number of hydrogen-bond acceptors (Lipinski definition) is 2. The van der Waals surface area contributed by atoms with Crippen LogP contribution in [0.25, 0.3) is 5.70 Å². The Morgan fingerprint density at radius 1 is 0.926 bits per heavy atom. The first-order chi connectivity index (χ1) is 13.1. The van der Waals surface area contributed by atoms with Crippen molar-refractivity contribution in [1.29, 1.82) is 0 Å². The molecule has 0 aromatic heterocycles. The maximum atomic E-state index is 10.4. The van der Waals surface area contributed by atoms with E-state index in [1.165, 1.54) is 0 Å². The monoisotopic (exact) mass is 441 g/mol. The summed E-state index contributed by atoms with van der Waals surface area (Å²) >= 11 is 9.55. The van der Waals surface area contributed by atoms with Gasteiger partial charge in [0.2, 0.25) is 0 Å². The molecular formula is C22H19BrClN2O+. The lowest BCUT2D eigenvalue weighted by molar-refractivity contribution is -0.731. The summed E-state index contributed by atoms with van der Waals surface area (Å²) in [6.45, 7) is 0. The second kappa shape index (κ2) is 7.77. The number of hydrogen-bond donors (Lipinski definition) is 3. The number of para-hydroxylation sites is 1. The molecule has 136 valence electrons. The SMILES string of the molecule is Oc1ccccc1C1C=C(c2ccc(Br)cc2)NC(c2ccc(Cl)cc2)[NH2+]1. The minimum absolute atomic E-state index is 0.00762. The van der Waals surface area contributed by atoms with Gasteiger partial charge in [0.25, 0.3) is 0 Å². The molecule has 0 fully saturated rings. The smallest absolute Gasteiger partial charge is 0.186 e. The third-order valence-electron chi connectivity index (χ3n) is 4.74. The molecule has 0 aliphatic carbocycles. The Labute approximate surface area is 171 Å². The Hall–Kier alpha value is -2.27. The van der Waals surface area contributed by atoms with Crippen LogP contribution >= 0.6 is 27.5 Å². The van der Waals surface area contributed by atoms with E-state index in [9.17, 15) is 5.11 Å². The molecule has 2 unspecified atom stereocenters. The highest BCUT2D eigenvalue weighted by molar-refractivity contribution is 9.10. The average molecular weight is 443 g/mol. The third-order valence-corrected chi connectivity index (χ3v) is 5.52. The highest BCUT2D eigenvalue weighted by Crippen LogP contribution is 2.29. The van der Waals surface area contributed by atoms with Crippen molar-refractivity contribution in [2.45, 2.75) is 12.2 Å². The minimum Gasteiger partial charge on any atom is -0.507 e. The van der Waals surface area contributed by atoms with Gasteiger partial charge in [0.15, 0.2) is 6.17 Å². The standard InChI is InChI=1S/C22H18BrClN2O/c23-16-9-5-14(6-10-16)19-13-20(18-3-1-2-4-21(18)27)26-22(25-19)15-7-11-17(24)12-8-15/h1-13,20,22,25-27H/p+1. The van der Waals surface area contributed by atoms with Crippen LogP contribution in [0.5, 0.6) is 5.75 Å². The van der Waals surface area contributed by atoms with Crippen LogP contribution < -0.4 is 10.6 Å². The molecule has 1 aliphatic rings. The quantitative estimate of drug-likeness (QED) is 0.548. The van der Waals surface area contributed by atoms with Gasteiger partial charge in [0.1, 0.15) is 11.8 Å². The van der Waals surface area contributed by atoms with Crippen LogP contribution in [0.15, 0.2) is 83.3 Å². The molecule has 0 saturated carbocycles. The van der Waals surface area contributed by atoms with E-state index < -0.39 is 0 Å². The summed E-state index contributed by atoms with van der Waals surface area (Å²) in [5.74, 6) is 0.307. The van der Waals surface area contributed by atoms with Gasteiger partial charge in [-0.25, -0.2) is 0 Å². The topological polar surface area (TPSA) is 48.9 Å². The van der Waals surface area contributed by atoms with Crippen LogP contribution in [0.3, 0.4) is 0 Å². The largest absolute Gasteiger partial charge is 0.507 e. The van der Waals surface area contributed by atoms with Crippen molar-refractivity contribution in [3.8, 4) is 5.75 Å². The van der Waals surface area contributed by atoms with Gasteiger partial charge in [-0.1, -0.05) is 51.8 Å². The Bertz CT molecular complexity index is 970. The van der Waals surface area contributed by atoms with Gasteiger partial charge in [-0.15, -0.1) is 0 Å². The van der Waals surface area contributed by atoms with Gasteiger partial charge < -0.3 is 15.7 Å². The zero-order valence-electron chi connectivity index (χ0n) is 14.4. The van der Waals surface area contributed by atoms with Crippen molar-refractivity contribution >= 4 is 33.2 Å². The first-order valence-corrected chi connectivity index (χ1v) is 9.90. The predicted octanol–water partition coefficient (Wildman–Crippen LogP) is 4.76. The summed E-state index contributed by atoms with van der Waals surface area (Å²) in [7, 11) is 0. The number of rotatable bonds is 3. The molecule has 5 heteroatoms. The van der Waals surface area contributed by atoms with Crippen molar-refractivity contribution < 1.29 is 10.4 Å². The van der Waals surface area contributed by atoms with Crippen molar-refractivity contribution in [3.05, 3.63) is 105 Å². The zero-order valence-corrected chi connectivity index (χ0v) is 16.8. The van der Waals surface area contributed by atoms with Crippen LogP contribution in [0.1, 0.15) is 28.9 Å². The summed E-state index contributed by atoms with van der Waals surface area (Å²) in [6, 6.07) is 23.6. The van der Waals surface area contributed by atoms with Gasteiger partial charge in [0.05, 0.1) is 5.56 Å². The Morgan fingerprint density at radius 2 is 1.63 bits per heavy atom. The van der Waals surface area contributed by atoms with Crippen LogP contribution in [0, 0.1) is 0 Å². The third kappa shape index (κ3) is 4.03. The lowest BCUT2D eigenvalue weighted by Gasteiger charge is -2.30. The first-order valence-electron chi connectivity index (χ1n) is 8.73. The molecule has 0 radical (unpaired) electrons. The summed E-state index contributed by atoms with van der Waals surface area (Å²) in [5.41, 5.74) is 4.17. The molecule has 1 heterocycles.